The number of hydrogen-bond donors (Lipinski definition) is 1. The van der Waals surface area contributed by atoms with Crippen LogP contribution >= 0.6 is 11.8 Å². The van der Waals surface area contributed by atoms with Crippen molar-refractivity contribution in [3.05, 3.63) is 60.2 Å². The van der Waals surface area contributed by atoms with E-state index in [1.807, 2.05) is 73.0 Å². The first kappa shape index (κ1) is 19.9. The number of nitrogens with one attached hydrogen (secondary N) is 1. The second-order valence-electron chi connectivity index (χ2n) is 6.24. The Labute approximate surface area is 169 Å². The van der Waals surface area contributed by atoms with Crippen molar-refractivity contribution < 1.29 is 9.53 Å². The highest BCUT2D eigenvalue weighted by Gasteiger charge is 2.20. The minimum absolute atomic E-state index is 0.0227. The van der Waals surface area contributed by atoms with Crippen LogP contribution in [0, 0.1) is 0 Å². The van der Waals surface area contributed by atoms with E-state index >= 15 is 0 Å². The average molecular weight is 397 g/mol. The number of rotatable bonds is 8. The summed E-state index contributed by atoms with van der Waals surface area (Å²) in [5.41, 5.74) is 2.04. The number of methoxy groups -OCH3 is 1. The van der Waals surface area contributed by atoms with Gasteiger partial charge in [0.2, 0.25) is 5.91 Å². The summed E-state index contributed by atoms with van der Waals surface area (Å²) in [5, 5.41) is 12.1. The Morgan fingerprint density at radius 1 is 1.14 bits per heavy atom. The maximum atomic E-state index is 12.5. The average Bonchev–Trinajstić information content (AvgIpc) is 3.15. The summed E-state index contributed by atoms with van der Waals surface area (Å²) in [6.45, 7) is 5.16. The molecule has 1 amide bonds. The maximum Gasteiger partial charge on any atom is 0.233 e. The van der Waals surface area contributed by atoms with Crippen molar-refractivity contribution in [1.29, 1.82) is 0 Å². The van der Waals surface area contributed by atoms with Crippen molar-refractivity contribution in [2.24, 2.45) is 0 Å². The van der Waals surface area contributed by atoms with Crippen LogP contribution in [0.3, 0.4) is 0 Å². The van der Waals surface area contributed by atoms with E-state index in [1.165, 1.54) is 11.8 Å². The second kappa shape index (κ2) is 9.41. The third kappa shape index (κ3) is 4.72. The lowest BCUT2D eigenvalue weighted by molar-refractivity contribution is -0.120. The molecule has 0 radical (unpaired) electrons. The molecule has 3 aromatic rings. The smallest absolute Gasteiger partial charge is 0.233 e. The molecule has 0 aliphatic heterocycles. The van der Waals surface area contributed by atoms with Gasteiger partial charge in [-0.2, -0.15) is 0 Å². The Morgan fingerprint density at radius 3 is 2.50 bits per heavy atom. The summed E-state index contributed by atoms with van der Waals surface area (Å²) in [4.78, 5) is 12.5. The molecule has 1 N–H and O–H groups in total. The predicted octanol–water partition coefficient (Wildman–Crippen LogP) is 3.77. The van der Waals surface area contributed by atoms with Gasteiger partial charge in [0.05, 0.1) is 12.4 Å². The molecular weight excluding hydrogens is 372 g/mol. The highest BCUT2D eigenvalue weighted by atomic mass is 32.2. The summed E-state index contributed by atoms with van der Waals surface area (Å²) in [6.07, 6.45) is 0. The highest BCUT2D eigenvalue weighted by molar-refractivity contribution is 8.00. The third-order valence-electron chi connectivity index (χ3n) is 4.34. The fraction of sp³-hybridized carbons (Fsp3) is 0.286. The number of ether oxygens (including phenoxy) is 1. The van der Waals surface area contributed by atoms with E-state index in [0.717, 1.165) is 34.4 Å². The molecule has 0 saturated heterocycles. The van der Waals surface area contributed by atoms with Gasteiger partial charge in [-0.3, -0.25) is 4.79 Å². The van der Waals surface area contributed by atoms with Gasteiger partial charge in [-0.25, -0.2) is 0 Å². The van der Waals surface area contributed by atoms with Gasteiger partial charge < -0.3 is 14.6 Å². The molecule has 0 fully saturated rings. The number of benzene rings is 2. The number of aromatic nitrogens is 3. The summed E-state index contributed by atoms with van der Waals surface area (Å²) in [7, 11) is 1.64. The van der Waals surface area contributed by atoms with E-state index in [1.54, 1.807) is 7.11 Å². The maximum absolute atomic E-state index is 12.5. The van der Waals surface area contributed by atoms with Crippen LogP contribution in [0.15, 0.2) is 59.8 Å². The monoisotopic (exact) mass is 396 g/mol. The molecule has 1 aromatic heterocycles. The summed E-state index contributed by atoms with van der Waals surface area (Å²) < 4.78 is 7.23. The van der Waals surface area contributed by atoms with Gasteiger partial charge in [0.1, 0.15) is 5.75 Å². The Hall–Kier alpha value is -2.80. The Kier molecular flexibility index (Phi) is 6.71. The molecular formula is C21H24N4O2S. The molecule has 0 aliphatic rings. The molecule has 0 spiro atoms. The van der Waals surface area contributed by atoms with E-state index in [4.69, 9.17) is 4.74 Å². The molecule has 146 valence electrons. The summed E-state index contributed by atoms with van der Waals surface area (Å²) in [6, 6.07) is 17.6. The quantitative estimate of drug-likeness (QED) is 0.587. The zero-order chi connectivity index (χ0) is 19.9. The van der Waals surface area contributed by atoms with Crippen molar-refractivity contribution in [2.75, 3.05) is 7.11 Å². The third-order valence-corrected chi connectivity index (χ3v) is 5.42. The minimum Gasteiger partial charge on any atom is -0.497 e. The zero-order valence-corrected chi connectivity index (χ0v) is 17.1. The minimum atomic E-state index is -0.276. The molecule has 0 saturated carbocycles. The van der Waals surface area contributed by atoms with Gasteiger partial charge in [-0.05, 0) is 43.7 Å². The fourth-order valence-corrected chi connectivity index (χ4v) is 3.69. The molecule has 28 heavy (non-hydrogen) atoms. The lowest BCUT2D eigenvalue weighted by atomic mass is 10.2. The Balaban J connectivity index is 1.67. The van der Waals surface area contributed by atoms with E-state index < -0.39 is 0 Å². The summed E-state index contributed by atoms with van der Waals surface area (Å²) in [5.74, 6) is 1.56. The molecule has 7 heteroatoms. The molecule has 2 aromatic carbocycles. The van der Waals surface area contributed by atoms with E-state index in [9.17, 15) is 4.79 Å². The fourth-order valence-electron chi connectivity index (χ4n) is 2.75. The predicted molar refractivity (Wildman–Crippen MR) is 111 cm³/mol. The standard InChI is InChI=1S/C21H24N4O2S/c1-4-25-19(17-10-12-18(27-3)13-11-17)23-24-21(25)28-15(2)20(26)22-14-16-8-6-5-7-9-16/h5-13,15H,4,14H2,1-3H3,(H,22,26)/t15-/m1/s1. The van der Waals surface area contributed by atoms with Crippen molar-refractivity contribution in [2.45, 2.75) is 37.3 Å². The molecule has 6 nitrogen and oxygen atoms in total. The normalized spacial score (nSPS) is 11.8. The zero-order valence-electron chi connectivity index (χ0n) is 16.3. The molecule has 0 aliphatic carbocycles. The van der Waals surface area contributed by atoms with E-state index in [2.05, 4.69) is 15.5 Å². The lowest BCUT2D eigenvalue weighted by Crippen LogP contribution is -2.30. The highest BCUT2D eigenvalue weighted by Crippen LogP contribution is 2.27. The van der Waals surface area contributed by atoms with Crippen LogP contribution in [0.1, 0.15) is 19.4 Å². The SMILES string of the molecule is CCn1c(S[C@H](C)C(=O)NCc2ccccc2)nnc1-c1ccc(OC)cc1. The number of carbonyl (C=O) groups is 1. The number of hydrogen-bond acceptors (Lipinski definition) is 5. The van der Waals surface area contributed by atoms with Gasteiger partial charge in [0, 0.05) is 18.7 Å². The van der Waals surface area contributed by atoms with Crippen LogP contribution in [0.4, 0.5) is 0 Å². The Bertz CT molecular complexity index is 910. The van der Waals surface area contributed by atoms with Crippen LogP contribution in [0.2, 0.25) is 0 Å². The van der Waals surface area contributed by atoms with Gasteiger partial charge in [-0.15, -0.1) is 10.2 Å². The number of thioether (sulfide) groups is 1. The van der Waals surface area contributed by atoms with Crippen molar-refractivity contribution in [3.8, 4) is 17.1 Å². The first-order valence-electron chi connectivity index (χ1n) is 9.18. The van der Waals surface area contributed by atoms with Crippen LogP contribution < -0.4 is 10.1 Å². The van der Waals surface area contributed by atoms with E-state index in [-0.39, 0.29) is 11.2 Å². The number of amides is 1. The Morgan fingerprint density at radius 2 is 1.86 bits per heavy atom. The van der Waals surface area contributed by atoms with Crippen LogP contribution in [0.25, 0.3) is 11.4 Å². The van der Waals surface area contributed by atoms with Gasteiger partial charge in [0.15, 0.2) is 11.0 Å². The van der Waals surface area contributed by atoms with Crippen LogP contribution in [-0.2, 0) is 17.9 Å². The first-order valence-corrected chi connectivity index (χ1v) is 10.1. The molecule has 0 unspecified atom stereocenters. The second-order valence-corrected chi connectivity index (χ2v) is 7.55. The number of carbonyl (C=O) groups excluding carboxylic acids is 1. The lowest BCUT2D eigenvalue weighted by Gasteiger charge is -2.13. The molecule has 1 atom stereocenters. The van der Waals surface area contributed by atoms with Gasteiger partial charge in [-0.1, -0.05) is 42.1 Å². The van der Waals surface area contributed by atoms with Crippen molar-refractivity contribution >= 4 is 17.7 Å². The van der Waals surface area contributed by atoms with E-state index in [0.29, 0.717) is 6.54 Å². The largest absolute Gasteiger partial charge is 0.497 e. The molecule has 1 heterocycles. The van der Waals surface area contributed by atoms with Crippen LogP contribution in [0.5, 0.6) is 5.75 Å². The first-order chi connectivity index (χ1) is 13.6. The van der Waals surface area contributed by atoms with Gasteiger partial charge >= 0.3 is 0 Å². The van der Waals surface area contributed by atoms with Crippen LogP contribution in [-0.4, -0.2) is 33.0 Å². The van der Waals surface area contributed by atoms with Crippen molar-refractivity contribution in [1.82, 2.24) is 20.1 Å². The summed E-state index contributed by atoms with van der Waals surface area (Å²) >= 11 is 1.41. The topological polar surface area (TPSA) is 69.0 Å². The molecule has 3 rings (SSSR count). The van der Waals surface area contributed by atoms with Gasteiger partial charge in [0.25, 0.3) is 0 Å². The van der Waals surface area contributed by atoms with Crippen molar-refractivity contribution in [3.63, 3.8) is 0 Å². The molecule has 0 bridgehead atoms. The number of nitrogens with zero attached hydrogens (tertiary/aromatic N) is 3.